The summed E-state index contributed by atoms with van der Waals surface area (Å²) in [5.41, 5.74) is 0.769. The summed E-state index contributed by atoms with van der Waals surface area (Å²) >= 11 is 0. The molecule has 0 spiro atoms. The number of carbonyl (C=O) groups excluding carboxylic acids is 1. The summed E-state index contributed by atoms with van der Waals surface area (Å²) in [6, 6.07) is 9.86. The average Bonchev–Trinajstić information content (AvgIpc) is 2.42. The number of rotatable bonds is 6. The van der Waals surface area contributed by atoms with Gasteiger partial charge in [0.1, 0.15) is 0 Å². The molecule has 2 unspecified atom stereocenters. The maximum Gasteiger partial charge on any atom is 0.407 e. The lowest BCUT2D eigenvalue weighted by molar-refractivity contribution is 0.104. The Morgan fingerprint density at radius 2 is 1.90 bits per heavy atom. The lowest BCUT2D eigenvalue weighted by atomic mass is 9.89. The first-order valence-electron chi connectivity index (χ1n) is 7.51. The van der Waals surface area contributed by atoms with E-state index in [9.17, 15) is 9.90 Å². The first-order chi connectivity index (χ1) is 9.83. The topological polar surface area (TPSA) is 58.6 Å². The van der Waals surface area contributed by atoms with Gasteiger partial charge in [-0.2, -0.15) is 0 Å². The molecule has 0 saturated carbocycles. The predicted molar refractivity (Wildman–Crippen MR) is 84.3 cm³/mol. The van der Waals surface area contributed by atoms with Gasteiger partial charge < -0.3 is 15.2 Å². The van der Waals surface area contributed by atoms with Gasteiger partial charge in [0, 0.05) is 11.5 Å². The highest BCUT2D eigenvalue weighted by Crippen LogP contribution is 2.25. The number of alkyl carbamates (subject to hydrolysis) is 1. The molecule has 0 bridgehead atoms. The number of carbonyl (C=O) groups is 1. The molecule has 0 aliphatic rings. The van der Waals surface area contributed by atoms with E-state index in [1.165, 1.54) is 0 Å². The van der Waals surface area contributed by atoms with Gasteiger partial charge in [0.15, 0.2) is 0 Å². The second-order valence-electron chi connectivity index (χ2n) is 6.29. The van der Waals surface area contributed by atoms with Crippen molar-refractivity contribution in [1.29, 1.82) is 0 Å². The molecule has 1 rings (SSSR count). The summed E-state index contributed by atoms with van der Waals surface area (Å²) in [6.07, 6.45) is 0.437. The van der Waals surface area contributed by atoms with Crippen LogP contribution in [0.5, 0.6) is 0 Å². The monoisotopic (exact) mass is 293 g/mol. The van der Waals surface area contributed by atoms with Gasteiger partial charge in [0.2, 0.25) is 0 Å². The number of aliphatic hydroxyl groups excluding tert-OH is 1. The van der Waals surface area contributed by atoms with Crippen LogP contribution in [0.25, 0.3) is 0 Å². The molecule has 0 aliphatic carbocycles. The fourth-order valence-corrected chi connectivity index (χ4v) is 2.19. The smallest absolute Gasteiger partial charge is 0.407 e. The van der Waals surface area contributed by atoms with E-state index in [1.54, 1.807) is 0 Å². The molecule has 2 N–H and O–H groups in total. The zero-order chi connectivity index (χ0) is 15.9. The van der Waals surface area contributed by atoms with Crippen molar-refractivity contribution in [2.24, 2.45) is 0 Å². The van der Waals surface area contributed by atoms with Crippen LogP contribution in [0, 0.1) is 0 Å². The maximum atomic E-state index is 11.6. The van der Waals surface area contributed by atoms with Gasteiger partial charge in [-0.1, -0.05) is 37.3 Å². The molecule has 0 aliphatic heterocycles. The number of ether oxygens (including phenoxy) is 1. The molecule has 0 heterocycles. The number of nitrogens with one attached hydrogen (secondary N) is 1. The van der Waals surface area contributed by atoms with E-state index in [-0.39, 0.29) is 11.5 Å². The fourth-order valence-electron chi connectivity index (χ4n) is 2.19. The zero-order valence-electron chi connectivity index (χ0n) is 13.4. The van der Waals surface area contributed by atoms with Crippen LogP contribution in [0.1, 0.15) is 52.0 Å². The van der Waals surface area contributed by atoms with Crippen LogP contribution < -0.4 is 5.32 Å². The van der Waals surface area contributed by atoms with Crippen molar-refractivity contribution in [3.05, 3.63) is 35.9 Å². The molecule has 0 aromatic heterocycles. The summed E-state index contributed by atoms with van der Waals surface area (Å²) in [4.78, 5) is 11.6. The van der Waals surface area contributed by atoms with E-state index in [0.29, 0.717) is 19.4 Å². The van der Waals surface area contributed by atoms with Crippen molar-refractivity contribution in [1.82, 2.24) is 5.32 Å². The van der Waals surface area contributed by atoms with Gasteiger partial charge in [0.25, 0.3) is 0 Å². The highest BCUT2D eigenvalue weighted by molar-refractivity contribution is 5.68. The Bertz CT molecular complexity index is 425. The molecule has 0 fully saturated rings. The molecule has 118 valence electrons. The summed E-state index contributed by atoms with van der Waals surface area (Å²) in [5, 5.41) is 12.9. The van der Waals surface area contributed by atoms with Crippen molar-refractivity contribution in [3.8, 4) is 0 Å². The molecule has 4 heteroatoms. The predicted octanol–water partition coefficient (Wildman–Crippen LogP) is 3.46. The van der Waals surface area contributed by atoms with Gasteiger partial charge in [0.05, 0.1) is 12.7 Å². The van der Waals surface area contributed by atoms with E-state index in [1.807, 2.05) is 58.0 Å². The Labute approximate surface area is 127 Å². The third-order valence-electron chi connectivity index (χ3n) is 3.25. The Balaban J connectivity index is 2.54. The second-order valence-corrected chi connectivity index (χ2v) is 6.29. The van der Waals surface area contributed by atoms with Gasteiger partial charge >= 0.3 is 6.09 Å². The number of hydrogen-bond acceptors (Lipinski definition) is 3. The first-order valence-corrected chi connectivity index (χ1v) is 7.51. The zero-order valence-corrected chi connectivity index (χ0v) is 13.4. The van der Waals surface area contributed by atoms with Gasteiger partial charge in [-0.3, -0.25) is 0 Å². The number of benzene rings is 1. The molecule has 21 heavy (non-hydrogen) atoms. The lowest BCUT2D eigenvalue weighted by Crippen LogP contribution is -2.41. The molecule has 1 aromatic carbocycles. The van der Waals surface area contributed by atoms with E-state index in [4.69, 9.17) is 4.74 Å². The summed E-state index contributed by atoms with van der Waals surface area (Å²) < 4.78 is 5.20. The third kappa shape index (κ3) is 6.63. The van der Waals surface area contributed by atoms with E-state index in [2.05, 4.69) is 5.32 Å². The number of aliphatic hydroxyl groups is 1. The van der Waals surface area contributed by atoms with Crippen molar-refractivity contribution in [2.75, 3.05) is 6.61 Å². The highest BCUT2D eigenvalue weighted by atomic mass is 16.5. The highest BCUT2D eigenvalue weighted by Gasteiger charge is 2.21. The molecular formula is C17H27NO3. The minimum absolute atomic E-state index is 0.0152. The molecular weight excluding hydrogens is 266 g/mol. The fraction of sp³-hybridized carbons (Fsp3) is 0.588. The van der Waals surface area contributed by atoms with Crippen LogP contribution in [0.2, 0.25) is 0 Å². The molecule has 2 atom stereocenters. The molecule has 4 nitrogen and oxygen atoms in total. The minimum Gasteiger partial charge on any atom is -0.450 e. The van der Waals surface area contributed by atoms with Crippen LogP contribution in [0.15, 0.2) is 30.3 Å². The van der Waals surface area contributed by atoms with Crippen LogP contribution in [0.4, 0.5) is 4.79 Å². The average molecular weight is 293 g/mol. The van der Waals surface area contributed by atoms with E-state index >= 15 is 0 Å². The third-order valence-corrected chi connectivity index (χ3v) is 3.25. The second kappa shape index (κ2) is 8.03. The van der Waals surface area contributed by atoms with Gasteiger partial charge in [-0.05, 0) is 39.2 Å². The molecule has 0 radical (unpaired) electrons. The van der Waals surface area contributed by atoms with Crippen LogP contribution in [0.3, 0.4) is 0 Å². The van der Waals surface area contributed by atoms with Crippen LogP contribution in [-0.2, 0) is 4.74 Å². The van der Waals surface area contributed by atoms with Crippen molar-refractivity contribution < 1.29 is 14.6 Å². The largest absolute Gasteiger partial charge is 0.450 e. The molecule has 1 amide bonds. The Kier molecular flexibility index (Phi) is 6.69. The van der Waals surface area contributed by atoms with Crippen LogP contribution >= 0.6 is 0 Å². The Morgan fingerprint density at radius 1 is 1.29 bits per heavy atom. The van der Waals surface area contributed by atoms with E-state index < -0.39 is 12.2 Å². The molecule has 1 aromatic rings. The number of hydrogen-bond donors (Lipinski definition) is 2. The van der Waals surface area contributed by atoms with Crippen molar-refractivity contribution in [3.63, 3.8) is 0 Å². The minimum atomic E-state index is -0.429. The Morgan fingerprint density at radius 3 is 2.43 bits per heavy atom. The van der Waals surface area contributed by atoms with Gasteiger partial charge in [-0.15, -0.1) is 0 Å². The lowest BCUT2D eigenvalue weighted by Gasteiger charge is -2.23. The van der Waals surface area contributed by atoms with Crippen LogP contribution in [-0.4, -0.2) is 29.4 Å². The normalized spacial score (nSPS) is 14.3. The summed E-state index contributed by atoms with van der Waals surface area (Å²) in [5.74, 6) is -0.0152. The van der Waals surface area contributed by atoms with E-state index in [0.717, 1.165) is 5.56 Å². The SMILES string of the molecule is CCC(O)C(CCOC(=O)NC(C)(C)C)c1ccccc1. The quantitative estimate of drug-likeness (QED) is 0.844. The molecule has 0 saturated heterocycles. The maximum absolute atomic E-state index is 11.6. The van der Waals surface area contributed by atoms with Crippen molar-refractivity contribution in [2.45, 2.75) is 58.1 Å². The first kappa shape index (κ1) is 17.5. The summed E-state index contributed by atoms with van der Waals surface area (Å²) in [6.45, 7) is 7.96. The summed E-state index contributed by atoms with van der Waals surface area (Å²) in [7, 11) is 0. The van der Waals surface area contributed by atoms with Gasteiger partial charge in [-0.25, -0.2) is 4.79 Å². The number of amides is 1. The van der Waals surface area contributed by atoms with Crippen molar-refractivity contribution >= 4 is 6.09 Å². The standard InChI is InChI=1S/C17H27NO3/c1-5-15(19)14(13-9-7-6-8-10-13)11-12-21-16(20)18-17(2,3)4/h6-10,14-15,19H,5,11-12H2,1-4H3,(H,18,20). The Hall–Kier alpha value is -1.55.